The van der Waals surface area contributed by atoms with Crippen LogP contribution in [-0.4, -0.2) is 40.0 Å². The first-order valence-electron chi connectivity index (χ1n) is 10.9. The number of carbonyl (C=O) groups is 1. The number of nitrogens with zero attached hydrogens (tertiary/aromatic N) is 3. The molecule has 1 N–H and O–H groups in total. The number of imidazole rings is 1. The van der Waals surface area contributed by atoms with Crippen molar-refractivity contribution in [2.24, 2.45) is 5.92 Å². The maximum absolute atomic E-state index is 12.6. The summed E-state index contributed by atoms with van der Waals surface area (Å²) in [4.78, 5) is 19.9. The lowest BCUT2D eigenvalue weighted by atomic mass is 9.97. The van der Waals surface area contributed by atoms with E-state index in [0.717, 1.165) is 78.9 Å². The zero-order valence-corrected chi connectivity index (χ0v) is 19.1. The van der Waals surface area contributed by atoms with Gasteiger partial charge in [-0.2, -0.15) is 0 Å². The van der Waals surface area contributed by atoms with E-state index < -0.39 is 0 Å². The second-order valence-electron chi connectivity index (χ2n) is 8.05. The Labute approximate surface area is 186 Å². The van der Waals surface area contributed by atoms with Crippen LogP contribution in [-0.2, 0) is 11.3 Å². The predicted molar refractivity (Wildman–Crippen MR) is 125 cm³/mol. The standard InChI is InChI=1S/C24H29BrN4O/c1-2-3-13-26-24(30)18-8-7-14-28(16-18)17-23-27-21-11-4-5-12-22(21)29(23)20-10-6-9-19(25)15-20/h4-6,9-12,15,18H,2-3,7-8,13-14,16-17H2,1H3,(H,26,30)/t18-/m0/s1. The number of para-hydroxylation sites is 2. The molecule has 3 aromatic rings. The highest BCUT2D eigenvalue weighted by molar-refractivity contribution is 9.10. The van der Waals surface area contributed by atoms with Crippen molar-refractivity contribution in [2.75, 3.05) is 19.6 Å². The third-order valence-corrected chi connectivity index (χ3v) is 6.26. The topological polar surface area (TPSA) is 50.2 Å². The first kappa shape index (κ1) is 21.1. The van der Waals surface area contributed by atoms with E-state index in [4.69, 9.17) is 4.98 Å². The van der Waals surface area contributed by atoms with Crippen LogP contribution in [0.15, 0.2) is 53.0 Å². The second-order valence-corrected chi connectivity index (χ2v) is 8.97. The van der Waals surface area contributed by atoms with E-state index in [-0.39, 0.29) is 11.8 Å². The Bertz CT molecular complexity index is 1020. The minimum absolute atomic E-state index is 0.0688. The zero-order chi connectivity index (χ0) is 20.9. The van der Waals surface area contributed by atoms with Crippen LogP contribution in [0.2, 0.25) is 0 Å². The molecule has 1 aliphatic rings. The molecule has 0 spiro atoms. The Kier molecular flexibility index (Phi) is 6.85. The lowest BCUT2D eigenvalue weighted by Gasteiger charge is -2.31. The van der Waals surface area contributed by atoms with Gasteiger partial charge in [0.2, 0.25) is 5.91 Å². The number of halogens is 1. The molecule has 0 bridgehead atoms. The number of fused-ring (bicyclic) bond motifs is 1. The lowest BCUT2D eigenvalue weighted by molar-refractivity contribution is -0.126. The summed E-state index contributed by atoms with van der Waals surface area (Å²) < 4.78 is 3.29. The van der Waals surface area contributed by atoms with Crippen LogP contribution >= 0.6 is 15.9 Å². The van der Waals surface area contributed by atoms with Crippen molar-refractivity contribution in [3.8, 4) is 5.69 Å². The van der Waals surface area contributed by atoms with Crippen molar-refractivity contribution in [1.29, 1.82) is 0 Å². The molecular weight excluding hydrogens is 440 g/mol. The molecule has 1 saturated heterocycles. The van der Waals surface area contributed by atoms with E-state index in [9.17, 15) is 4.79 Å². The first-order chi connectivity index (χ1) is 14.7. The normalized spacial score (nSPS) is 17.3. The van der Waals surface area contributed by atoms with Gasteiger partial charge in [0, 0.05) is 23.2 Å². The number of amides is 1. The highest BCUT2D eigenvalue weighted by Gasteiger charge is 2.27. The summed E-state index contributed by atoms with van der Waals surface area (Å²) in [6, 6.07) is 16.6. The monoisotopic (exact) mass is 468 g/mol. The molecule has 1 amide bonds. The van der Waals surface area contributed by atoms with Crippen LogP contribution < -0.4 is 5.32 Å². The largest absolute Gasteiger partial charge is 0.356 e. The average Bonchev–Trinajstić information content (AvgIpc) is 3.12. The van der Waals surface area contributed by atoms with Gasteiger partial charge in [-0.3, -0.25) is 14.3 Å². The summed E-state index contributed by atoms with van der Waals surface area (Å²) in [6.45, 7) is 5.45. The van der Waals surface area contributed by atoms with Crippen LogP contribution in [0.3, 0.4) is 0 Å². The molecule has 0 unspecified atom stereocenters. The summed E-state index contributed by atoms with van der Waals surface area (Å²) in [5.74, 6) is 1.29. The fraction of sp³-hybridized carbons (Fsp3) is 0.417. The van der Waals surface area contributed by atoms with E-state index in [1.165, 1.54) is 0 Å². The van der Waals surface area contributed by atoms with Gasteiger partial charge in [-0.1, -0.05) is 47.5 Å². The third kappa shape index (κ3) is 4.76. The van der Waals surface area contributed by atoms with E-state index in [1.807, 2.05) is 12.1 Å². The highest BCUT2D eigenvalue weighted by atomic mass is 79.9. The molecule has 6 heteroatoms. The van der Waals surface area contributed by atoms with Gasteiger partial charge in [0.05, 0.1) is 23.5 Å². The Morgan fingerprint density at radius 1 is 1.23 bits per heavy atom. The minimum Gasteiger partial charge on any atom is -0.356 e. The predicted octanol–water partition coefficient (Wildman–Crippen LogP) is 4.92. The van der Waals surface area contributed by atoms with Crippen LogP contribution in [0.25, 0.3) is 16.7 Å². The summed E-state index contributed by atoms with van der Waals surface area (Å²) in [6.07, 6.45) is 4.15. The zero-order valence-electron chi connectivity index (χ0n) is 17.5. The number of benzene rings is 2. The summed E-state index contributed by atoms with van der Waals surface area (Å²) in [5, 5.41) is 3.11. The number of unbranched alkanes of at least 4 members (excludes halogenated alkanes) is 1. The molecule has 0 aliphatic carbocycles. The van der Waals surface area contributed by atoms with E-state index in [2.05, 4.69) is 74.0 Å². The molecule has 1 aromatic heterocycles. The fourth-order valence-electron chi connectivity index (χ4n) is 4.23. The molecule has 4 rings (SSSR count). The minimum atomic E-state index is 0.0688. The molecule has 0 saturated carbocycles. The molecule has 158 valence electrons. The van der Waals surface area contributed by atoms with E-state index >= 15 is 0 Å². The number of rotatable bonds is 7. The molecular formula is C24H29BrN4O. The maximum atomic E-state index is 12.6. The number of aromatic nitrogens is 2. The van der Waals surface area contributed by atoms with Gasteiger partial charge in [0.1, 0.15) is 5.82 Å². The summed E-state index contributed by atoms with van der Waals surface area (Å²) in [5.41, 5.74) is 3.20. The number of hydrogen-bond donors (Lipinski definition) is 1. The van der Waals surface area contributed by atoms with Gasteiger partial charge < -0.3 is 5.32 Å². The van der Waals surface area contributed by atoms with Crippen LogP contribution in [0.5, 0.6) is 0 Å². The highest BCUT2D eigenvalue weighted by Crippen LogP contribution is 2.26. The Hall–Kier alpha value is -2.18. The van der Waals surface area contributed by atoms with Crippen LogP contribution in [0.4, 0.5) is 0 Å². The van der Waals surface area contributed by atoms with E-state index in [1.54, 1.807) is 0 Å². The smallest absolute Gasteiger partial charge is 0.224 e. The molecule has 1 atom stereocenters. The molecule has 2 heterocycles. The number of likely N-dealkylation sites (tertiary alicyclic amines) is 1. The van der Waals surface area contributed by atoms with Crippen LogP contribution in [0.1, 0.15) is 38.4 Å². The lowest BCUT2D eigenvalue weighted by Crippen LogP contribution is -2.43. The summed E-state index contributed by atoms with van der Waals surface area (Å²) >= 11 is 3.60. The fourth-order valence-corrected chi connectivity index (χ4v) is 4.62. The van der Waals surface area contributed by atoms with Gasteiger partial charge >= 0.3 is 0 Å². The van der Waals surface area contributed by atoms with Crippen molar-refractivity contribution in [2.45, 2.75) is 39.2 Å². The quantitative estimate of drug-likeness (QED) is 0.500. The van der Waals surface area contributed by atoms with Gasteiger partial charge in [0.25, 0.3) is 0 Å². The molecule has 5 nitrogen and oxygen atoms in total. The Morgan fingerprint density at radius 2 is 2.10 bits per heavy atom. The second kappa shape index (κ2) is 9.75. The molecule has 2 aromatic carbocycles. The van der Waals surface area contributed by atoms with Crippen molar-refractivity contribution in [3.63, 3.8) is 0 Å². The number of piperidine rings is 1. The Morgan fingerprint density at radius 3 is 2.93 bits per heavy atom. The van der Waals surface area contributed by atoms with Crippen molar-refractivity contribution in [1.82, 2.24) is 19.8 Å². The van der Waals surface area contributed by atoms with Crippen molar-refractivity contribution in [3.05, 3.63) is 58.8 Å². The molecule has 1 aliphatic heterocycles. The first-order valence-corrected chi connectivity index (χ1v) is 11.7. The van der Waals surface area contributed by atoms with Crippen molar-refractivity contribution >= 4 is 32.9 Å². The third-order valence-electron chi connectivity index (χ3n) is 5.77. The molecule has 1 fully saturated rings. The SMILES string of the molecule is CCCCNC(=O)[C@H]1CCCN(Cc2nc3ccccc3n2-c2cccc(Br)c2)C1. The molecule has 0 radical (unpaired) electrons. The number of carbonyl (C=O) groups excluding carboxylic acids is 1. The van der Waals surface area contributed by atoms with Gasteiger partial charge in [-0.25, -0.2) is 4.98 Å². The molecule has 30 heavy (non-hydrogen) atoms. The van der Waals surface area contributed by atoms with Gasteiger partial charge in [0.15, 0.2) is 0 Å². The van der Waals surface area contributed by atoms with Gasteiger partial charge in [-0.15, -0.1) is 0 Å². The maximum Gasteiger partial charge on any atom is 0.224 e. The summed E-state index contributed by atoms with van der Waals surface area (Å²) in [7, 11) is 0. The average molecular weight is 469 g/mol. The van der Waals surface area contributed by atoms with Gasteiger partial charge in [-0.05, 0) is 56.1 Å². The Balaban J connectivity index is 1.56. The van der Waals surface area contributed by atoms with E-state index in [0.29, 0.717) is 0 Å². The number of hydrogen-bond acceptors (Lipinski definition) is 3. The number of nitrogens with one attached hydrogen (secondary N) is 1. The van der Waals surface area contributed by atoms with Crippen LogP contribution in [0, 0.1) is 5.92 Å². The van der Waals surface area contributed by atoms with Crippen molar-refractivity contribution < 1.29 is 4.79 Å².